The Bertz CT molecular complexity index is 963. The molecule has 1 fully saturated rings. The molecule has 9 atom stereocenters. The van der Waals surface area contributed by atoms with Crippen LogP contribution in [0.1, 0.15) is 181 Å². The summed E-state index contributed by atoms with van der Waals surface area (Å²) < 4.78 is 10.8. The van der Waals surface area contributed by atoms with Gasteiger partial charge in [-0.1, -0.05) is 166 Å². The van der Waals surface area contributed by atoms with Crippen molar-refractivity contribution in [2.75, 3.05) is 6.61 Å². The number of amides is 1. The van der Waals surface area contributed by atoms with Gasteiger partial charge in [0, 0.05) is 0 Å². The minimum absolute atomic E-state index is 0.219. The molecule has 11 heteroatoms. The summed E-state index contributed by atoms with van der Waals surface area (Å²) in [5.41, 5.74) is 1.32. The van der Waals surface area contributed by atoms with Gasteiger partial charge in [0.15, 0.2) is 12.6 Å². The lowest BCUT2D eigenvalue weighted by atomic mass is 9.99. The normalized spacial score (nSPS) is 23.1. The SMILES string of the molecule is CCCCCCCCCCCCCCCCC(O)C(=O)N[C@H](C(O)O[C@@H]1O[C@H](CO)[C@@H](O)[C@H](O)[C@H]1O)[C@H](O)/C=C/CC/C=C(\C)CCCCCCCCC. The topological polar surface area (TPSA) is 189 Å². The van der Waals surface area contributed by atoms with E-state index in [2.05, 4.69) is 32.2 Å². The quantitative estimate of drug-likeness (QED) is 0.0201. The minimum Gasteiger partial charge on any atom is -0.394 e. The molecule has 8 N–H and O–H groups in total. The van der Waals surface area contributed by atoms with Crippen LogP contribution in [0, 0.1) is 0 Å². The maximum absolute atomic E-state index is 13.0. The van der Waals surface area contributed by atoms with Gasteiger partial charge >= 0.3 is 0 Å². The van der Waals surface area contributed by atoms with Crippen molar-refractivity contribution in [2.45, 2.75) is 237 Å². The number of nitrogens with one attached hydrogen (secondary N) is 1. The monoisotopic (exact) mass is 772 g/mol. The lowest BCUT2D eigenvalue weighted by molar-refractivity contribution is -0.336. The van der Waals surface area contributed by atoms with Crippen molar-refractivity contribution in [3.8, 4) is 0 Å². The van der Waals surface area contributed by atoms with Gasteiger partial charge in [-0.2, -0.15) is 0 Å². The summed E-state index contributed by atoms with van der Waals surface area (Å²) in [5.74, 6) is -0.789. The molecule has 318 valence electrons. The van der Waals surface area contributed by atoms with Gasteiger partial charge in [0.1, 0.15) is 36.6 Å². The van der Waals surface area contributed by atoms with Crippen molar-refractivity contribution in [3.63, 3.8) is 0 Å². The van der Waals surface area contributed by atoms with Crippen LogP contribution in [0.25, 0.3) is 0 Å². The number of carbonyl (C=O) groups is 1. The number of hydrogen-bond donors (Lipinski definition) is 8. The molecule has 11 nitrogen and oxygen atoms in total. The highest BCUT2D eigenvalue weighted by Gasteiger charge is 2.46. The maximum atomic E-state index is 13.0. The van der Waals surface area contributed by atoms with Gasteiger partial charge in [-0.15, -0.1) is 0 Å². The van der Waals surface area contributed by atoms with Gasteiger partial charge in [-0.3, -0.25) is 4.79 Å². The maximum Gasteiger partial charge on any atom is 0.249 e. The smallest absolute Gasteiger partial charge is 0.249 e. The van der Waals surface area contributed by atoms with Gasteiger partial charge in [0.25, 0.3) is 0 Å². The molecule has 0 aromatic carbocycles. The zero-order valence-corrected chi connectivity index (χ0v) is 34.2. The fraction of sp³-hybridized carbons (Fsp3) is 0.884. The first-order chi connectivity index (χ1) is 26.1. The van der Waals surface area contributed by atoms with Crippen LogP contribution in [0.5, 0.6) is 0 Å². The largest absolute Gasteiger partial charge is 0.394 e. The molecule has 1 amide bonds. The van der Waals surface area contributed by atoms with Crippen molar-refractivity contribution in [1.82, 2.24) is 5.32 Å². The Morgan fingerprint density at radius 2 is 1.20 bits per heavy atom. The molecule has 1 aliphatic rings. The lowest BCUT2D eigenvalue weighted by Crippen LogP contribution is -2.61. The molecule has 0 aromatic heterocycles. The molecule has 0 aromatic rings. The molecule has 1 heterocycles. The number of carbonyl (C=O) groups excluding carboxylic acids is 1. The molecular weight excluding hydrogens is 690 g/mol. The Kier molecular flexibility index (Phi) is 30.6. The Balaban J connectivity index is 2.62. The van der Waals surface area contributed by atoms with E-state index in [1.165, 1.54) is 121 Å². The number of hydrogen-bond acceptors (Lipinski definition) is 10. The second-order valence-electron chi connectivity index (χ2n) is 15.6. The van der Waals surface area contributed by atoms with Crippen LogP contribution < -0.4 is 5.32 Å². The highest BCUT2D eigenvalue weighted by molar-refractivity contribution is 5.80. The van der Waals surface area contributed by atoms with Crippen LogP contribution in [0.4, 0.5) is 0 Å². The molecule has 0 radical (unpaired) electrons. The summed E-state index contributed by atoms with van der Waals surface area (Å²) in [4.78, 5) is 13.0. The summed E-state index contributed by atoms with van der Waals surface area (Å²) in [6.45, 7) is 5.90. The summed E-state index contributed by atoms with van der Waals surface area (Å²) >= 11 is 0. The second-order valence-corrected chi connectivity index (χ2v) is 15.6. The molecule has 54 heavy (non-hydrogen) atoms. The molecule has 0 aliphatic carbocycles. The zero-order chi connectivity index (χ0) is 40.0. The molecule has 1 aliphatic heterocycles. The number of rotatable bonds is 34. The minimum atomic E-state index is -1.95. The van der Waals surface area contributed by atoms with Crippen molar-refractivity contribution in [3.05, 3.63) is 23.8 Å². The van der Waals surface area contributed by atoms with E-state index in [-0.39, 0.29) is 6.42 Å². The summed E-state index contributed by atoms with van der Waals surface area (Å²) in [7, 11) is 0. The van der Waals surface area contributed by atoms with E-state index in [1.54, 1.807) is 6.08 Å². The number of unbranched alkanes of at least 4 members (excludes halogenated alkanes) is 20. The summed E-state index contributed by atoms with van der Waals surface area (Å²) in [6.07, 6.45) is 20.6. The zero-order valence-electron chi connectivity index (χ0n) is 34.2. The third kappa shape index (κ3) is 23.0. The van der Waals surface area contributed by atoms with Crippen LogP contribution in [0.3, 0.4) is 0 Å². The average Bonchev–Trinajstić information content (AvgIpc) is 3.16. The van der Waals surface area contributed by atoms with Crippen LogP contribution in [0.2, 0.25) is 0 Å². The first-order valence-electron chi connectivity index (χ1n) is 21.7. The van der Waals surface area contributed by atoms with Crippen molar-refractivity contribution >= 4 is 5.91 Å². The van der Waals surface area contributed by atoms with E-state index >= 15 is 0 Å². The highest BCUT2D eigenvalue weighted by Crippen LogP contribution is 2.24. The van der Waals surface area contributed by atoms with E-state index in [1.807, 2.05) is 0 Å². The van der Waals surface area contributed by atoms with Gasteiger partial charge in [-0.25, -0.2) is 0 Å². The van der Waals surface area contributed by atoms with Gasteiger partial charge in [0.05, 0.1) is 12.7 Å². The Morgan fingerprint density at radius 1 is 0.704 bits per heavy atom. The van der Waals surface area contributed by atoms with Crippen LogP contribution in [-0.4, -0.2) is 104 Å². The van der Waals surface area contributed by atoms with Crippen molar-refractivity contribution in [1.29, 1.82) is 0 Å². The fourth-order valence-electron chi connectivity index (χ4n) is 6.90. The molecule has 0 saturated carbocycles. The van der Waals surface area contributed by atoms with E-state index in [0.29, 0.717) is 12.8 Å². The Hall–Kier alpha value is -1.41. The van der Waals surface area contributed by atoms with E-state index in [9.17, 15) is 40.5 Å². The standard InChI is InChI=1S/C43H81NO10/c1-4-6-8-10-12-13-14-15-16-17-18-20-22-26-31-35(47)41(51)44-37(42(52)54-43-40(50)39(49)38(48)36(32-45)53-43)34(46)30-27-23-25-29-33(3)28-24-21-19-11-9-7-5-2/h27,29-30,34-40,42-43,45-50,52H,4-26,28,31-32H2,1-3H3,(H,44,51)/b30-27+,33-29+/t34-,35?,36-,37+,38-,39+,40-,42?,43+/m1/s1. The van der Waals surface area contributed by atoms with E-state index in [0.717, 1.165) is 32.1 Å². The van der Waals surface area contributed by atoms with Crippen LogP contribution in [-0.2, 0) is 14.3 Å². The van der Waals surface area contributed by atoms with Gasteiger partial charge < -0.3 is 50.5 Å². The fourth-order valence-corrected chi connectivity index (χ4v) is 6.90. The van der Waals surface area contributed by atoms with Crippen LogP contribution in [0.15, 0.2) is 23.8 Å². The second kappa shape index (κ2) is 32.7. The predicted molar refractivity (Wildman–Crippen MR) is 214 cm³/mol. The summed E-state index contributed by atoms with van der Waals surface area (Å²) in [6, 6.07) is -1.47. The lowest BCUT2D eigenvalue weighted by Gasteiger charge is -2.41. The molecule has 1 rings (SSSR count). The Morgan fingerprint density at radius 3 is 1.72 bits per heavy atom. The average molecular weight is 772 g/mol. The van der Waals surface area contributed by atoms with E-state index in [4.69, 9.17) is 9.47 Å². The third-order valence-electron chi connectivity index (χ3n) is 10.6. The number of allylic oxidation sites excluding steroid dienone is 3. The van der Waals surface area contributed by atoms with Crippen molar-refractivity contribution in [2.24, 2.45) is 0 Å². The van der Waals surface area contributed by atoms with Gasteiger partial charge in [0.2, 0.25) is 5.91 Å². The van der Waals surface area contributed by atoms with E-state index < -0.39 is 67.8 Å². The molecule has 1 saturated heterocycles. The highest BCUT2D eigenvalue weighted by atomic mass is 16.7. The molecule has 0 spiro atoms. The van der Waals surface area contributed by atoms with Gasteiger partial charge in [-0.05, 0) is 39.0 Å². The molecule has 0 bridgehead atoms. The van der Waals surface area contributed by atoms with Crippen molar-refractivity contribution < 1.29 is 50.0 Å². The number of ether oxygens (including phenoxy) is 2. The predicted octanol–water partition coefficient (Wildman–Crippen LogP) is 6.62. The molecule has 2 unspecified atom stereocenters. The third-order valence-corrected chi connectivity index (χ3v) is 10.6. The Labute approximate surface area is 327 Å². The molecular formula is C43H81NO10. The number of aliphatic hydroxyl groups is 7. The number of aliphatic hydroxyl groups excluding tert-OH is 7. The summed E-state index contributed by atoms with van der Waals surface area (Å²) in [5, 5.41) is 75.4. The first kappa shape index (κ1) is 50.6. The first-order valence-corrected chi connectivity index (χ1v) is 21.7. The van der Waals surface area contributed by atoms with Crippen LogP contribution >= 0.6 is 0 Å².